The number of hydrogen-bond donors (Lipinski definition) is 3. The third-order valence-electron chi connectivity index (χ3n) is 2.02. The molecule has 0 radical (unpaired) electrons. The quantitative estimate of drug-likeness (QED) is 0.693. The number of nitrogen functional groups attached to an aromatic ring is 1. The van der Waals surface area contributed by atoms with Gasteiger partial charge in [0.25, 0.3) is 5.91 Å². The number of hydrogen-bond acceptors (Lipinski definition) is 3. The molecule has 1 aromatic rings. The molecular formula is C10H11ClN2O3. The number of nitrogens with two attached hydrogens (primary N) is 1. The van der Waals surface area contributed by atoms with Gasteiger partial charge in [-0.1, -0.05) is 17.7 Å². The minimum absolute atomic E-state index is 0.138. The highest BCUT2D eigenvalue weighted by Crippen LogP contribution is 2.22. The van der Waals surface area contributed by atoms with E-state index in [1.807, 2.05) is 0 Å². The van der Waals surface area contributed by atoms with Gasteiger partial charge in [0.2, 0.25) is 0 Å². The highest BCUT2D eigenvalue weighted by molar-refractivity contribution is 6.33. The fourth-order valence-corrected chi connectivity index (χ4v) is 1.25. The molecule has 5 nitrogen and oxygen atoms in total. The Kier molecular flexibility index (Phi) is 3.73. The van der Waals surface area contributed by atoms with E-state index in [9.17, 15) is 9.59 Å². The molecule has 0 heterocycles. The molecule has 1 rings (SSSR count). The van der Waals surface area contributed by atoms with Gasteiger partial charge in [-0.2, -0.15) is 0 Å². The predicted molar refractivity (Wildman–Crippen MR) is 60.4 cm³/mol. The topological polar surface area (TPSA) is 92.4 Å². The van der Waals surface area contributed by atoms with Crippen LogP contribution in [0.15, 0.2) is 18.2 Å². The Hall–Kier alpha value is -1.75. The molecule has 0 saturated heterocycles. The van der Waals surface area contributed by atoms with Crippen molar-refractivity contribution in [3.8, 4) is 0 Å². The standard InChI is InChI=1S/C10H11ClN2O3/c1-5(10(15)16)13-9(14)6-3-2-4-7(11)8(6)12/h2-5H,12H2,1H3,(H,13,14)(H,15,16). The number of rotatable bonds is 3. The van der Waals surface area contributed by atoms with Crippen molar-refractivity contribution in [2.24, 2.45) is 0 Å². The normalized spacial score (nSPS) is 11.9. The molecule has 0 aliphatic rings. The van der Waals surface area contributed by atoms with E-state index in [4.69, 9.17) is 22.4 Å². The largest absolute Gasteiger partial charge is 0.480 e. The van der Waals surface area contributed by atoms with Crippen molar-refractivity contribution in [1.82, 2.24) is 5.32 Å². The number of carboxylic acids is 1. The molecule has 1 atom stereocenters. The number of halogens is 1. The maximum atomic E-state index is 11.6. The van der Waals surface area contributed by atoms with Crippen LogP contribution >= 0.6 is 11.6 Å². The molecule has 0 spiro atoms. The molecule has 0 saturated carbocycles. The van der Waals surface area contributed by atoms with Crippen LogP contribution in [0.5, 0.6) is 0 Å². The molecule has 1 amide bonds. The van der Waals surface area contributed by atoms with Crippen molar-refractivity contribution >= 4 is 29.2 Å². The third-order valence-corrected chi connectivity index (χ3v) is 2.35. The molecule has 0 fully saturated rings. The van der Waals surface area contributed by atoms with E-state index in [-0.39, 0.29) is 16.3 Å². The van der Waals surface area contributed by atoms with Gasteiger partial charge in [-0.25, -0.2) is 0 Å². The van der Waals surface area contributed by atoms with Gasteiger partial charge < -0.3 is 16.2 Å². The number of aliphatic carboxylic acids is 1. The number of carbonyl (C=O) groups is 2. The average Bonchev–Trinajstić information content (AvgIpc) is 2.21. The number of para-hydroxylation sites is 1. The summed E-state index contributed by atoms with van der Waals surface area (Å²) in [6.07, 6.45) is 0. The number of benzene rings is 1. The Bertz CT molecular complexity index is 434. The minimum atomic E-state index is -1.12. The Morgan fingerprint density at radius 2 is 2.12 bits per heavy atom. The summed E-state index contributed by atoms with van der Waals surface area (Å²) in [4.78, 5) is 22.2. The molecule has 0 bridgehead atoms. The Balaban J connectivity index is 2.89. The summed E-state index contributed by atoms with van der Waals surface area (Å²) >= 11 is 5.74. The van der Waals surface area contributed by atoms with Gasteiger partial charge in [-0.05, 0) is 19.1 Å². The van der Waals surface area contributed by atoms with Crippen LogP contribution in [0.2, 0.25) is 5.02 Å². The number of carbonyl (C=O) groups excluding carboxylic acids is 1. The van der Waals surface area contributed by atoms with Crippen LogP contribution in [-0.2, 0) is 4.79 Å². The summed E-state index contributed by atoms with van der Waals surface area (Å²) in [6.45, 7) is 1.36. The Morgan fingerprint density at radius 1 is 1.50 bits per heavy atom. The van der Waals surface area contributed by atoms with Gasteiger partial charge in [-0.3, -0.25) is 9.59 Å². The van der Waals surface area contributed by atoms with Crippen LogP contribution in [0.3, 0.4) is 0 Å². The second-order valence-electron chi connectivity index (χ2n) is 3.23. The van der Waals surface area contributed by atoms with Gasteiger partial charge in [0, 0.05) is 0 Å². The molecular weight excluding hydrogens is 232 g/mol. The number of anilines is 1. The SMILES string of the molecule is CC(NC(=O)c1cccc(Cl)c1N)C(=O)O. The maximum absolute atomic E-state index is 11.6. The lowest BCUT2D eigenvalue weighted by Crippen LogP contribution is -2.38. The number of nitrogens with one attached hydrogen (secondary N) is 1. The van der Waals surface area contributed by atoms with Gasteiger partial charge in [0.05, 0.1) is 16.3 Å². The van der Waals surface area contributed by atoms with E-state index >= 15 is 0 Å². The van der Waals surface area contributed by atoms with Gasteiger partial charge in [-0.15, -0.1) is 0 Å². The zero-order valence-electron chi connectivity index (χ0n) is 8.53. The summed E-state index contributed by atoms with van der Waals surface area (Å²) in [6, 6.07) is 3.62. The smallest absolute Gasteiger partial charge is 0.325 e. The predicted octanol–water partition coefficient (Wildman–Crippen LogP) is 1.13. The lowest BCUT2D eigenvalue weighted by Gasteiger charge is -2.11. The fraction of sp³-hybridized carbons (Fsp3) is 0.200. The number of amides is 1. The summed E-state index contributed by atoms with van der Waals surface area (Å²) < 4.78 is 0. The first-order valence-corrected chi connectivity index (χ1v) is 4.89. The molecule has 0 aromatic heterocycles. The second-order valence-corrected chi connectivity index (χ2v) is 3.64. The first kappa shape index (κ1) is 12.3. The summed E-state index contributed by atoms with van der Waals surface area (Å²) in [5.41, 5.74) is 5.90. The fourth-order valence-electron chi connectivity index (χ4n) is 1.07. The first-order valence-electron chi connectivity index (χ1n) is 4.51. The van der Waals surface area contributed by atoms with Gasteiger partial charge in [0.15, 0.2) is 0 Å². The lowest BCUT2D eigenvalue weighted by atomic mass is 10.1. The van der Waals surface area contributed by atoms with Crippen molar-refractivity contribution < 1.29 is 14.7 Å². The zero-order valence-corrected chi connectivity index (χ0v) is 9.28. The lowest BCUT2D eigenvalue weighted by molar-refractivity contribution is -0.138. The molecule has 1 unspecified atom stereocenters. The molecule has 0 aliphatic carbocycles. The van der Waals surface area contributed by atoms with E-state index in [2.05, 4.69) is 5.32 Å². The van der Waals surface area contributed by atoms with E-state index in [0.717, 1.165) is 0 Å². The zero-order chi connectivity index (χ0) is 12.3. The molecule has 16 heavy (non-hydrogen) atoms. The highest BCUT2D eigenvalue weighted by atomic mass is 35.5. The molecule has 86 valence electrons. The van der Waals surface area contributed by atoms with E-state index in [1.54, 1.807) is 12.1 Å². The molecule has 0 aliphatic heterocycles. The summed E-state index contributed by atoms with van der Waals surface area (Å²) in [7, 11) is 0. The molecule has 1 aromatic carbocycles. The monoisotopic (exact) mass is 242 g/mol. The van der Waals surface area contributed by atoms with Gasteiger partial charge in [0.1, 0.15) is 6.04 Å². The van der Waals surface area contributed by atoms with Gasteiger partial charge >= 0.3 is 5.97 Å². The van der Waals surface area contributed by atoms with Crippen LogP contribution < -0.4 is 11.1 Å². The van der Waals surface area contributed by atoms with Crippen molar-refractivity contribution in [2.45, 2.75) is 13.0 Å². The Labute approximate surface area is 97.2 Å². The minimum Gasteiger partial charge on any atom is -0.480 e. The molecule has 6 heteroatoms. The summed E-state index contributed by atoms with van der Waals surface area (Å²) in [5.74, 6) is -1.68. The van der Waals surface area contributed by atoms with Crippen LogP contribution in [0.25, 0.3) is 0 Å². The van der Waals surface area contributed by atoms with Crippen molar-refractivity contribution in [2.75, 3.05) is 5.73 Å². The van der Waals surface area contributed by atoms with E-state index < -0.39 is 17.9 Å². The van der Waals surface area contributed by atoms with E-state index in [0.29, 0.717) is 0 Å². The second kappa shape index (κ2) is 4.85. The highest BCUT2D eigenvalue weighted by Gasteiger charge is 2.17. The van der Waals surface area contributed by atoms with Crippen molar-refractivity contribution in [3.05, 3.63) is 28.8 Å². The van der Waals surface area contributed by atoms with Crippen LogP contribution in [0.1, 0.15) is 17.3 Å². The molecule has 4 N–H and O–H groups in total. The summed E-state index contributed by atoms with van der Waals surface area (Å²) in [5, 5.41) is 11.2. The Morgan fingerprint density at radius 3 is 2.69 bits per heavy atom. The average molecular weight is 243 g/mol. The third kappa shape index (κ3) is 2.64. The number of carboxylic acid groups (broad SMARTS) is 1. The van der Waals surface area contributed by atoms with Crippen LogP contribution in [0.4, 0.5) is 5.69 Å². The van der Waals surface area contributed by atoms with Crippen LogP contribution in [-0.4, -0.2) is 23.0 Å². The van der Waals surface area contributed by atoms with Crippen molar-refractivity contribution in [1.29, 1.82) is 0 Å². The van der Waals surface area contributed by atoms with Crippen LogP contribution in [0, 0.1) is 0 Å². The van der Waals surface area contributed by atoms with Crippen molar-refractivity contribution in [3.63, 3.8) is 0 Å². The first-order chi connectivity index (χ1) is 7.43. The van der Waals surface area contributed by atoms with E-state index in [1.165, 1.54) is 13.0 Å². The maximum Gasteiger partial charge on any atom is 0.325 e.